The molecule has 1 rings (SSSR count). The minimum absolute atomic E-state index is 0.415. The number of hydrogen-bond donors (Lipinski definition) is 2. The van der Waals surface area contributed by atoms with Gasteiger partial charge in [-0.15, -0.1) is 6.58 Å². The minimum Gasteiger partial charge on any atom is -0.490 e. The highest BCUT2D eigenvalue weighted by molar-refractivity contribution is 7.80. The molecule has 2 N–H and O–H groups in total. The first-order chi connectivity index (χ1) is 10.6. The lowest BCUT2D eigenvalue weighted by Crippen LogP contribution is -2.31. The van der Waals surface area contributed by atoms with Gasteiger partial charge in [-0.1, -0.05) is 17.7 Å². The maximum atomic E-state index is 6.22. The van der Waals surface area contributed by atoms with E-state index in [-0.39, 0.29) is 0 Å². The van der Waals surface area contributed by atoms with Crippen LogP contribution in [0.5, 0.6) is 11.5 Å². The molecule has 0 heterocycles. The molecule has 0 aliphatic carbocycles. The highest BCUT2D eigenvalue weighted by Gasteiger charge is 2.11. The molecule has 0 aliphatic rings. The normalized spacial score (nSPS) is 10.3. The van der Waals surface area contributed by atoms with Gasteiger partial charge in [-0.25, -0.2) is 0 Å². The summed E-state index contributed by atoms with van der Waals surface area (Å²) in [7, 11) is 0. The minimum atomic E-state index is 0.415. The van der Waals surface area contributed by atoms with Crippen molar-refractivity contribution in [1.82, 2.24) is 10.7 Å². The average Bonchev–Trinajstić information content (AvgIpc) is 2.49. The van der Waals surface area contributed by atoms with E-state index in [9.17, 15) is 0 Å². The molecule has 0 spiro atoms. The van der Waals surface area contributed by atoms with Crippen LogP contribution in [0.3, 0.4) is 0 Å². The van der Waals surface area contributed by atoms with Crippen molar-refractivity contribution in [3.63, 3.8) is 0 Å². The van der Waals surface area contributed by atoms with Gasteiger partial charge in [-0.05, 0) is 43.8 Å². The summed E-state index contributed by atoms with van der Waals surface area (Å²) >= 11 is 11.3. The van der Waals surface area contributed by atoms with E-state index in [1.807, 2.05) is 19.9 Å². The van der Waals surface area contributed by atoms with Gasteiger partial charge in [0.25, 0.3) is 0 Å². The number of rotatable bonds is 8. The number of ether oxygens (including phenoxy) is 2. The lowest BCUT2D eigenvalue weighted by Gasteiger charge is -2.13. The molecule has 7 heteroatoms. The molecular weight excluding hydrogens is 322 g/mol. The number of benzene rings is 1. The van der Waals surface area contributed by atoms with Crippen molar-refractivity contribution >= 4 is 35.1 Å². The van der Waals surface area contributed by atoms with E-state index in [0.29, 0.717) is 41.4 Å². The molecule has 0 unspecified atom stereocenters. The number of hydrazone groups is 1. The number of nitrogens with zero attached hydrogens (tertiary/aromatic N) is 1. The van der Waals surface area contributed by atoms with Gasteiger partial charge in [0.15, 0.2) is 16.6 Å². The summed E-state index contributed by atoms with van der Waals surface area (Å²) in [4.78, 5) is 0. The Balaban J connectivity index is 2.82. The maximum absolute atomic E-state index is 6.22. The standard InChI is InChI=1S/C15H20ClN3O2S/c1-4-7-17-15(22)19-18-10-11-8-12(16)14(21-6-3)13(9-11)20-5-2/h4,8-10H,1,5-7H2,2-3H3,(H2,17,19,22)/b18-10+. The van der Waals surface area contributed by atoms with Crippen LogP contribution in [-0.4, -0.2) is 31.1 Å². The molecule has 22 heavy (non-hydrogen) atoms. The van der Waals surface area contributed by atoms with Crippen LogP contribution in [0.25, 0.3) is 0 Å². The SMILES string of the molecule is C=CCNC(=S)N/N=C/c1cc(Cl)c(OCC)c(OCC)c1. The zero-order valence-electron chi connectivity index (χ0n) is 12.7. The molecule has 1 aromatic carbocycles. The maximum Gasteiger partial charge on any atom is 0.187 e. The van der Waals surface area contributed by atoms with E-state index in [2.05, 4.69) is 22.4 Å². The van der Waals surface area contributed by atoms with Gasteiger partial charge in [0.05, 0.1) is 24.5 Å². The second-order valence-corrected chi connectivity index (χ2v) is 4.88. The molecule has 5 nitrogen and oxygen atoms in total. The molecule has 1 aromatic rings. The Kier molecular flexibility index (Phi) is 8.32. The molecule has 0 atom stereocenters. The molecule has 0 aliphatic heterocycles. The fourth-order valence-corrected chi connectivity index (χ4v) is 1.99. The monoisotopic (exact) mass is 341 g/mol. The van der Waals surface area contributed by atoms with Crippen LogP contribution >= 0.6 is 23.8 Å². The topological polar surface area (TPSA) is 54.9 Å². The second kappa shape index (κ2) is 10.0. The largest absolute Gasteiger partial charge is 0.490 e. The second-order valence-electron chi connectivity index (χ2n) is 4.06. The predicted octanol–water partition coefficient (Wildman–Crippen LogP) is 3.12. The van der Waals surface area contributed by atoms with Crippen LogP contribution in [0.15, 0.2) is 29.9 Å². The molecule has 0 radical (unpaired) electrons. The van der Waals surface area contributed by atoms with Crippen molar-refractivity contribution in [2.45, 2.75) is 13.8 Å². The first-order valence-corrected chi connectivity index (χ1v) is 7.67. The summed E-state index contributed by atoms with van der Waals surface area (Å²) in [5.41, 5.74) is 3.48. The average molecular weight is 342 g/mol. The Morgan fingerprint density at radius 3 is 2.73 bits per heavy atom. The molecule has 0 bridgehead atoms. The summed E-state index contributed by atoms with van der Waals surface area (Å²) in [6, 6.07) is 3.56. The van der Waals surface area contributed by atoms with E-state index in [1.54, 1.807) is 18.4 Å². The van der Waals surface area contributed by atoms with Crippen LogP contribution in [0, 0.1) is 0 Å². The highest BCUT2D eigenvalue weighted by atomic mass is 35.5. The van der Waals surface area contributed by atoms with E-state index in [1.165, 1.54) is 0 Å². The fourth-order valence-electron chi connectivity index (χ4n) is 1.58. The van der Waals surface area contributed by atoms with E-state index in [0.717, 1.165) is 5.56 Å². The quantitative estimate of drug-likeness (QED) is 0.329. The van der Waals surface area contributed by atoms with Gasteiger partial charge in [0, 0.05) is 6.54 Å². The van der Waals surface area contributed by atoms with Gasteiger partial charge in [0.2, 0.25) is 0 Å². The Morgan fingerprint density at radius 2 is 2.09 bits per heavy atom. The summed E-state index contributed by atoms with van der Waals surface area (Å²) in [6.07, 6.45) is 3.31. The third kappa shape index (κ3) is 5.91. The van der Waals surface area contributed by atoms with Gasteiger partial charge in [0.1, 0.15) is 0 Å². The number of halogens is 1. The van der Waals surface area contributed by atoms with Crippen LogP contribution < -0.4 is 20.2 Å². The Labute approximate surface area is 141 Å². The molecule has 0 saturated heterocycles. The summed E-state index contributed by atoms with van der Waals surface area (Å²) in [5, 5.41) is 7.84. The van der Waals surface area contributed by atoms with Crippen LogP contribution in [-0.2, 0) is 0 Å². The van der Waals surface area contributed by atoms with Crippen molar-refractivity contribution in [3.8, 4) is 11.5 Å². The van der Waals surface area contributed by atoms with Crippen LogP contribution in [0.1, 0.15) is 19.4 Å². The van der Waals surface area contributed by atoms with E-state index >= 15 is 0 Å². The zero-order chi connectivity index (χ0) is 16.4. The van der Waals surface area contributed by atoms with Crippen molar-refractivity contribution < 1.29 is 9.47 Å². The van der Waals surface area contributed by atoms with E-state index < -0.39 is 0 Å². The van der Waals surface area contributed by atoms with Gasteiger partial charge < -0.3 is 14.8 Å². The molecule has 0 saturated carbocycles. The number of thiocarbonyl (C=S) groups is 1. The van der Waals surface area contributed by atoms with Crippen LogP contribution in [0.4, 0.5) is 0 Å². The smallest absolute Gasteiger partial charge is 0.187 e. The predicted molar refractivity (Wildman–Crippen MR) is 95.3 cm³/mol. The Morgan fingerprint density at radius 1 is 1.36 bits per heavy atom. The fraction of sp³-hybridized carbons (Fsp3) is 0.333. The molecule has 0 fully saturated rings. The molecule has 0 amide bonds. The first-order valence-electron chi connectivity index (χ1n) is 6.89. The Bertz CT molecular complexity index is 550. The van der Waals surface area contributed by atoms with E-state index in [4.69, 9.17) is 33.3 Å². The number of nitrogens with one attached hydrogen (secondary N) is 2. The molecule has 0 aromatic heterocycles. The summed E-state index contributed by atoms with van der Waals surface area (Å²) < 4.78 is 11.1. The van der Waals surface area contributed by atoms with Gasteiger partial charge in [-0.2, -0.15) is 5.10 Å². The molecular formula is C15H20ClN3O2S. The van der Waals surface area contributed by atoms with Gasteiger partial charge >= 0.3 is 0 Å². The first kappa shape index (κ1) is 18.3. The van der Waals surface area contributed by atoms with Gasteiger partial charge in [-0.3, -0.25) is 5.43 Å². The molecule has 120 valence electrons. The van der Waals surface area contributed by atoms with Crippen molar-refractivity contribution in [2.75, 3.05) is 19.8 Å². The third-order valence-corrected chi connectivity index (χ3v) is 2.92. The lowest BCUT2D eigenvalue weighted by atomic mass is 10.2. The van der Waals surface area contributed by atoms with Crippen LogP contribution in [0.2, 0.25) is 5.02 Å². The third-order valence-electron chi connectivity index (χ3n) is 2.41. The lowest BCUT2D eigenvalue weighted by molar-refractivity contribution is 0.288. The van der Waals surface area contributed by atoms with Crippen molar-refractivity contribution in [2.24, 2.45) is 5.10 Å². The zero-order valence-corrected chi connectivity index (χ0v) is 14.3. The van der Waals surface area contributed by atoms with Crippen molar-refractivity contribution in [3.05, 3.63) is 35.4 Å². The van der Waals surface area contributed by atoms with Crippen molar-refractivity contribution in [1.29, 1.82) is 0 Å². The summed E-state index contributed by atoms with van der Waals surface area (Å²) in [6.45, 7) is 8.99. The summed E-state index contributed by atoms with van der Waals surface area (Å²) in [5.74, 6) is 1.13. The Hall–Kier alpha value is -1.79. The highest BCUT2D eigenvalue weighted by Crippen LogP contribution is 2.36. The number of hydrogen-bond acceptors (Lipinski definition) is 4.